The molecule has 0 saturated carbocycles. The maximum absolute atomic E-state index is 10.9. The molecule has 1 aliphatic rings. The van der Waals surface area contributed by atoms with Crippen LogP contribution in [0.4, 0.5) is 0 Å². The molecule has 0 amide bonds. The zero-order valence-corrected chi connectivity index (χ0v) is 14.1. The number of ether oxygens (including phenoxy) is 1. The summed E-state index contributed by atoms with van der Waals surface area (Å²) in [6, 6.07) is 5.37. The van der Waals surface area contributed by atoms with E-state index in [1.165, 1.54) is 17.3 Å². The highest BCUT2D eigenvalue weighted by molar-refractivity contribution is 9.10. The molecule has 0 saturated heterocycles. The molecule has 0 spiro atoms. The number of fused-ring (bicyclic) bond motifs is 1. The molecule has 1 aromatic carbocycles. The Morgan fingerprint density at radius 1 is 1.41 bits per heavy atom. The predicted octanol–water partition coefficient (Wildman–Crippen LogP) is 2.23. The minimum absolute atomic E-state index is 0.523. The molecule has 118 valence electrons. The molecule has 0 radical (unpaired) electrons. The summed E-state index contributed by atoms with van der Waals surface area (Å²) >= 11 is 3.39. The van der Waals surface area contributed by atoms with Crippen LogP contribution in [-0.2, 0) is 5.72 Å². The second-order valence-electron chi connectivity index (χ2n) is 6.55. The number of hydrogen-bond acceptors (Lipinski definition) is 5. The Morgan fingerprint density at radius 3 is 2.73 bits per heavy atom. The molecule has 2 heterocycles. The molecule has 3 rings (SSSR count). The lowest BCUT2D eigenvalue weighted by Crippen LogP contribution is -2.56. The van der Waals surface area contributed by atoms with E-state index in [9.17, 15) is 10.2 Å². The van der Waals surface area contributed by atoms with Gasteiger partial charge in [0.25, 0.3) is 5.72 Å². The van der Waals surface area contributed by atoms with Crippen molar-refractivity contribution in [2.45, 2.75) is 38.7 Å². The third kappa shape index (κ3) is 2.15. The topological polar surface area (TPSA) is 80.4 Å². The maximum atomic E-state index is 10.9. The largest absolute Gasteiger partial charge is 0.460 e. The van der Waals surface area contributed by atoms with Gasteiger partial charge in [-0.1, -0.05) is 36.7 Å². The van der Waals surface area contributed by atoms with Crippen LogP contribution < -0.4 is 4.74 Å². The first-order chi connectivity index (χ1) is 10.3. The van der Waals surface area contributed by atoms with Crippen molar-refractivity contribution >= 4 is 15.9 Å². The molecule has 0 aliphatic carbocycles. The Hall–Kier alpha value is -1.44. The fourth-order valence-corrected chi connectivity index (χ4v) is 3.17. The highest BCUT2D eigenvalue weighted by Crippen LogP contribution is 2.51. The first-order valence-electron chi connectivity index (χ1n) is 6.96. The Morgan fingerprint density at radius 2 is 2.14 bits per heavy atom. The third-order valence-corrected chi connectivity index (χ3v) is 4.41. The summed E-state index contributed by atoms with van der Waals surface area (Å²) in [5.41, 5.74) is -1.38. The quantitative estimate of drug-likeness (QED) is 0.850. The number of aliphatic hydroxyl groups is 2. The average molecular weight is 368 g/mol. The molecule has 3 unspecified atom stereocenters. The van der Waals surface area contributed by atoms with E-state index < -0.39 is 23.3 Å². The highest BCUT2D eigenvalue weighted by atomic mass is 79.9. The Bertz CT molecular complexity index is 684. The molecule has 1 aliphatic heterocycles. The lowest BCUT2D eigenvalue weighted by atomic mass is 9.80. The third-order valence-electron chi connectivity index (χ3n) is 3.92. The molecule has 2 aromatic rings. The van der Waals surface area contributed by atoms with Gasteiger partial charge in [0.05, 0.1) is 0 Å². The monoisotopic (exact) mass is 367 g/mol. The smallest absolute Gasteiger partial charge is 0.259 e. The van der Waals surface area contributed by atoms with E-state index in [2.05, 4.69) is 26.0 Å². The van der Waals surface area contributed by atoms with E-state index in [4.69, 9.17) is 4.74 Å². The van der Waals surface area contributed by atoms with Crippen molar-refractivity contribution in [2.75, 3.05) is 0 Å². The lowest BCUT2D eigenvalue weighted by Gasteiger charge is -2.41. The average Bonchev–Trinajstić information content (AvgIpc) is 3.05. The summed E-state index contributed by atoms with van der Waals surface area (Å²) in [7, 11) is 0. The van der Waals surface area contributed by atoms with Gasteiger partial charge in [-0.05, 0) is 23.6 Å². The summed E-state index contributed by atoms with van der Waals surface area (Å²) in [5, 5.41) is 26.0. The number of nitrogens with zero attached hydrogens (tertiary/aromatic N) is 3. The normalized spacial score (nSPS) is 25.6. The Balaban J connectivity index is 2.18. The molecule has 0 bridgehead atoms. The highest BCUT2D eigenvalue weighted by Gasteiger charge is 2.58. The number of rotatable bonds is 2. The summed E-state index contributed by atoms with van der Waals surface area (Å²) in [5.74, 6) is 0.523. The molecular weight excluding hydrogens is 350 g/mol. The second-order valence-corrected chi connectivity index (χ2v) is 7.46. The molecule has 1 aromatic heterocycles. The first kappa shape index (κ1) is 15.5. The predicted molar refractivity (Wildman–Crippen MR) is 83.2 cm³/mol. The molecule has 22 heavy (non-hydrogen) atoms. The van der Waals surface area contributed by atoms with Gasteiger partial charge >= 0.3 is 0 Å². The van der Waals surface area contributed by atoms with E-state index in [1.807, 2.05) is 26.8 Å². The van der Waals surface area contributed by atoms with Gasteiger partial charge in [-0.2, -0.15) is 5.10 Å². The zero-order chi connectivity index (χ0) is 16.1. The van der Waals surface area contributed by atoms with E-state index in [0.717, 1.165) is 4.47 Å². The lowest BCUT2D eigenvalue weighted by molar-refractivity contribution is -0.202. The van der Waals surface area contributed by atoms with Crippen LogP contribution in [0, 0.1) is 5.41 Å². The van der Waals surface area contributed by atoms with Gasteiger partial charge in [0.2, 0.25) is 0 Å². The van der Waals surface area contributed by atoms with Crippen molar-refractivity contribution in [3.05, 3.63) is 40.9 Å². The molecule has 2 N–H and O–H groups in total. The van der Waals surface area contributed by atoms with Crippen molar-refractivity contribution in [3.63, 3.8) is 0 Å². The van der Waals surface area contributed by atoms with Crippen molar-refractivity contribution < 1.29 is 14.9 Å². The van der Waals surface area contributed by atoms with E-state index in [1.54, 1.807) is 12.1 Å². The maximum Gasteiger partial charge on any atom is 0.259 e. The number of halogens is 1. The van der Waals surface area contributed by atoms with E-state index in [-0.39, 0.29) is 0 Å². The molecular formula is C15H18BrN3O3. The number of hydrogen-bond donors (Lipinski definition) is 2. The summed E-state index contributed by atoms with van der Waals surface area (Å²) in [6.45, 7) is 5.64. The van der Waals surface area contributed by atoms with Crippen LogP contribution in [-0.4, -0.2) is 31.1 Å². The zero-order valence-electron chi connectivity index (χ0n) is 12.6. The number of benzene rings is 1. The van der Waals surface area contributed by atoms with Gasteiger partial charge in [0.15, 0.2) is 0 Å². The van der Waals surface area contributed by atoms with Crippen LogP contribution >= 0.6 is 15.9 Å². The van der Waals surface area contributed by atoms with Gasteiger partial charge < -0.3 is 14.9 Å². The summed E-state index contributed by atoms with van der Waals surface area (Å²) in [6.07, 6.45) is 0.712. The standard InChI is InChI=1S/C15H18BrN3O3/c1-14(2,3)13(21)15(19-8-17-7-18-19)12(20)10-6-9(16)4-5-11(10)22-15/h4-8,12-13,20-21H,1-3H3. The van der Waals surface area contributed by atoms with Crippen molar-refractivity contribution in [2.24, 2.45) is 5.41 Å². The van der Waals surface area contributed by atoms with Crippen LogP contribution in [0.25, 0.3) is 0 Å². The Kier molecular flexibility index (Phi) is 3.54. The van der Waals surface area contributed by atoms with Gasteiger partial charge in [0.1, 0.15) is 30.6 Å². The van der Waals surface area contributed by atoms with Crippen molar-refractivity contribution in [3.8, 4) is 5.75 Å². The van der Waals surface area contributed by atoms with Crippen LogP contribution in [0.5, 0.6) is 5.75 Å². The van der Waals surface area contributed by atoms with E-state index >= 15 is 0 Å². The number of aromatic nitrogens is 3. The van der Waals surface area contributed by atoms with Crippen LogP contribution in [0.1, 0.15) is 32.4 Å². The van der Waals surface area contributed by atoms with Gasteiger partial charge in [-0.25, -0.2) is 9.67 Å². The second kappa shape index (κ2) is 5.04. The van der Waals surface area contributed by atoms with Crippen LogP contribution in [0.3, 0.4) is 0 Å². The van der Waals surface area contributed by atoms with Gasteiger partial charge in [0, 0.05) is 10.0 Å². The summed E-state index contributed by atoms with van der Waals surface area (Å²) in [4.78, 5) is 3.93. The van der Waals surface area contributed by atoms with Gasteiger partial charge in [-0.15, -0.1) is 0 Å². The minimum Gasteiger partial charge on any atom is -0.460 e. The molecule has 6 nitrogen and oxygen atoms in total. The molecule has 0 fully saturated rings. The first-order valence-corrected chi connectivity index (χ1v) is 7.76. The fraction of sp³-hybridized carbons (Fsp3) is 0.467. The van der Waals surface area contributed by atoms with Crippen LogP contribution in [0.2, 0.25) is 0 Å². The Labute approximate surface area is 136 Å². The SMILES string of the molecule is CC(C)(C)C(O)C1(n2cncn2)Oc2ccc(Br)cc2C1O. The minimum atomic E-state index is -1.45. The van der Waals surface area contributed by atoms with E-state index in [0.29, 0.717) is 11.3 Å². The van der Waals surface area contributed by atoms with Crippen LogP contribution in [0.15, 0.2) is 35.3 Å². The van der Waals surface area contributed by atoms with Gasteiger partial charge in [-0.3, -0.25) is 0 Å². The van der Waals surface area contributed by atoms with Crippen molar-refractivity contribution in [1.29, 1.82) is 0 Å². The molecule has 3 atom stereocenters. The fourth-order valence-electron chi connectivity index (χ4n) is 2.79. The van der Waals surface area contributed by atoms with Crippen molar-refractivity contribution in [1.82, 2.24) is 14.8 Å². The molecule has 7 heteroatoms. The summed E-state index contributed by atoms with van der Waals surface area (Å²) < 4.78 is 8.25. The number of aliphatic hydroxyl groups excluding tert-OH is 2.